The van der Waals surface area contributed by atoms with Crippen molar-refractivity contribution in [2.45, 2.75) is 20.8 Å². The van der Waals surface area contributed by atoms with Crippen molar-refractivity contribution in [3.05, 3.63) is 74.4 Å². The van der Waals surface area contributed by atoms with Crippen LogP contribution in [-0.4, -0.2) is 57.4 Å². The summed E-state index contributed by atoms with van der Waals surface area (Å²) in [4.78, 5) is 23.7. The Morgan fingerprint density at radius 3 is 2.68 bits per heavy atom. The minimum absolute atomic E-state index is 0.179. The van der Waals surface area contributed by atoms with Crippen molar-refractivity contribution in [2.24, 2.45) is 0 Å². The molecule has 8 heteroatoms. The van der Waals surface area contributed by atoms with Gasteiger partial charge in [-0.25, -0.2) is 9.67 Å². The van der Waals surface area contributed by atoms with E-state index in [1.807, 2.05) is 19.1 Å². The number of hydrogen-bond donors (Lipinski definition) is 1. The number of H-pyrrole nitrogens is 1. The van der Waals surface area contributed by atoms with E-state index in [-0.39, 0.29) is 5.56 Å². The number of halogens is 1. The van der Waals surface area contributed by atoms with Crippen LogP contribution in [0.2, 0.25) is 5.02 Å². The lowest BCUT2D eigenvalue weighted by molar-refractivity contribution is 0.284. The number of piperazine rings is 1. The summed E-state index contributed by atoms with van der Waals surface area (Å²) in [5.74, 6) is 0.439. The Hall–Kier alpha value is -2.90. The van der Waals surface area contributed by atoms with Crippen LogP contribution in [0.15, 0.2) is 41.3 Å². The summed E-state index contributed by atoms with van der Waals surface area (Å²) in [6.07, 6.45) is 6.05. The van der Waals surface area contributed by atoms with E-state index in [9.17, 15) is 4.79 Å². The number of benzene rings is 1. The molecule has 0 radical (unpaired) electrons. The molecule has 7 nitrogen and oxygen atoms in total. The van der Waals surface area contributed by atoms with Crippen LogP contribution in [0.5, 0.6) is 0 Å². The average Bonchev–Trinajstić information content (AvgIpc) is 3.10. The predicted molar refractivity (Wildman–Crippen MR) is 125 cm³/mol. The van der Waals surface area contributed by atoms with Gasteiger partial charge in [-0.05, 0) is 38.5 Å². The first-order valence-corrected chi connectivity index (χ1v) is 10.8. The molecule has 4 rings (SSSR count). The van der Waals surface area contributed by atoms with E-state index < -0.39 is 0 Å². The van der Waals surface area contributed by atoms with Crippen LogP contribution in [0, 0.1) is 20.8 Å². The lowest BCUT2D eigenvalue weighted by Crippen LogP contribution is -2.46. The number of aromatic amines is 1. The number of hydrogen-bond acceptors (Lipinski definition) is 5. The van der Waals surface area contributed by atoms with Crippen molar-refractivity contribution < 1.29 is 0 Å². The number of aryl methyl sites for hydroxylation is 1. The molecule has 31 heavy (non-hydrogen) atoms. The molecular weight excluding hydrogens is 412 g/mol. The highest BCUT2D eigenvalue weighted by molar-refractivity contribution is 6.31. The first kappa shape index (κ1) is 21.3. The van der Waals surface area contributed by atoms with Crippen molar-refractivity contribution >= 4 is 23.4 Å². The van der Waals surface area contributed by atoms with Gasteiger partial charge >= 0.3 is 0 Å². The summed E-state index contributed by atoms with van der Waals surface area (Å²) in [5, 5.41) is 5.22. The Kier molecular flexibility index (Phi) is 6.25. The highest BCUT2D eigenvalue weighted by Crippen LogP contribution is 2.27. The van der Waals surface area contributed by atoms with Crippen LogP contribution in [-0.2, 0) is 0 Å². The Balaban J connectivity index is 1.36. The molecule has 0 saturated carbocycles. The quantitative estimate of drug-likeness (QED) is 0.661. The lowest BCUT2D eigenvalue weighted by atomic mass is 10.1. The van der Waals surface area contributed by atoms with Crippen LogP contribution >= 0.6 is 11.6 Å². The third kappa shape index (κ3) is 4.73. The van der Waals surface area contributed by atoms with Gasteiger partial charge in [0.15, 0.2) is 0 Å². The van der Waals surface area contributed by atoms with Crippen molar-refractivity contribution in [2.75, 3.05) is 37.6 Å². The zero-order valence-electron chi connectivity index (χ0n) is 18.1. The van der Waals surface area contributed by atoms with Gasteiger partial charge in [-0.3, -0.25) is 14.7 Å². The van der Waals surface area contributed by atoms with Gasteiger partial charge < -0.3 is 4.90 Å². The highest BCUT2D eigenvalue weighted by atomic mass is 35.5. The summed E-state index contributed by atoms with van der Waals surface area (Å²) in [6.45, 7) is 10.7. The normalized spacial score (nSPS) is 15.2. The van der Waals surface area contributed by atoms with Gasteiger partial charge in [0.2, 0.25) is 5.95 Å². The molecule has 3 heterocycles. The van der Waals surface area contributed by atoms with Crippen LogP contribution in [0.4, 0.5) is 5.69 Å². The summed E-state index contributed by atoms with van der Waals surface area (Å²) in [5.41, 5.74) is 4.81. The molecule has 1 aliphatic heterocycles. The second-order valence-corrected chi connectivity index (χ2v) is 8.29. The standard InChI is InChI=1S/C23H27ClN6O/c1-16-14-22(31)27-23(26-16)30-18(3)19(15-25-30)6-5-9-28-10-12-29(13-11-28)21-8-4-7-20(24)17(21)2/h4-8,14-15H,9-13H2,1-3H3,(H,26,27,31)/b6-5+. The number of nitrogens with zero attached hydrogens (tertiary/aromatic N) is 5. The smallest absolute Gasteiger partial charge is 0.252 e. The second-order valence-electron chi connectivity index (χ2n) is 7.88. The average molecular weight is 439 g/mol. The Morgan fingerprint density at radius 1 is 1.16 bits per heavy atom. The largest absolute Gasteiger partial charge is 0.369 e. The van der Waals surface area contributed by atoms with Gasteiger partial charge in [0, 0.05) is 60.8 Å². The fourth-order valence-corrected chi connectivity index (χ4v) is 4.07. The molecule has 0 bridgehead atoms. The summed E-state index contributed by atoms with van der Waals surface area (Å²) < 4.78 is 1.67. The monoisotopic (exact) mass is 438 g/mol. The maximum absolute atomic E-state index is 11.7. The SMILES string of the molecule is Cc1cc(=O)[nH]c(-n2ncc(/C=C/CN3CCN(c4cccc(Cl)c4C)CC3)c2C)n1. The first-order valence-electron chi connectivity index (χ1n) is 10.4. The lowest BCUT2D eigenvalue weighted by Gasteiger charge is -2.36. The van der Waals surface area contributed by atoms with Gasteiger partial charge in [0.05, 0.1) is 11.9 Å². The van der Waals surface area contributed by atoms with E-state index in [2.05, 4.69) is 50.0 Å². The van der Waals surface area contributed by atoms with E-state index in [0.717, 1.165) is 54.6 Å². The van der Waals surface area contributed by atoms with Crippen LogP contribution in [0.1, 0.15) is 22.5 Å². The molecule has 0 atom stereocenters. The van der Waals surface area contributed by atoms with Gasteiger partial charge in [-0.1, -0.05) is 29.8 Å². The van der Waals surface area contributed by atoms with Crippen LogP contribution in [0.25, 0.3) is 12.0 Å². The van der Waals surface area contributed by atoms with E-state index in [4.69, 9.17) is 11.6 Å². The van der Waals surface area contributed by atoms with E-state index in [1.165, 1.54) is 11.8 Å². The molecular formula is C23H27ClN6O. The third-order valence-corrected chi connectivity index (χ3v) is 6.13. The van der Waals surface area contributed by atoms with E-state index >= 15 is 0 Å². The number of aromatic nitrogens is 4. The summed E-state index contributed by atoms with van der Waals surface area (Å²) >= 11 is 6.28. The van der Waals surface area contributed by atoms with E-state index in [0.29, 0.717) is 11.6 Å². The molecule has 1 aromatic carbocycles. The van der Waals surface area contributed by atoms with Gasteiger partial charge in [0.1, 0.15) is 0 Å². The van der Waals surface area contributed by atoms with Gasteiger partial charge in [-0.15, -0.1) is 0 Å². The number of rotatable bonds is 5. The molecule has 1 saturated heterocycles. The fourth-order valence-electron chi connectivity index (χ4n) is 3.90. The molecule has 0 unspecified atom stereocenters. The van der Waals surface area contributed by atoms with Crippen molar-refractivity contribution in [1.29, 1.82) is 0 Å². The topological polar surface area (TPSA) is 70.1 Å². The van der Waals surface area contributed by atoms with Crippen molar-refractivity contribution in [1.82, 2.24) is 24.6 Å². The molecule has 2 aromatic heterocycles. The predicted octanol–water partition coefficient (Wildman–Crippen LogP) is 3.37. The van der Waals surface area contributed by atoms with E-state index in [1.54, 1.807) is 17.8 Å². The van der Waals surface area contributed by atoms with Crippen molar-refractivity contribution in [3.8, 4) is 5.95 Å². The maximum atomic E-state index is 11.7. The number of anilines is 1. The zero-order chi connectivity index (χ0) is 22.0. The first-order chi connectivity index (χ1) is 14.9. The van der Waals surface area contributed by atoms with Gasteiger partial charge in [-0.2, -0.15) is 5.10 Å². The van der Waals surface area contributed by atoms with Gasteiger partial charge in [0.25, 0.3) is 5.56 Å². The Morgan fingerprint density at radius 2 is 1.94 bits per heavy atom. The molecule has 3 aromatic rings. The molecule has 1 aliphatic rings. The minimum atomic E-state index is -0.179. The summed E-state index contributed by atoms with van der Waals surface area (Å²) in [6, 6.07) is 7.58. The molecule has 0 spiro atoms. The molecule has 162 valence electrons. The Labute approximate surface area is 187 Å². The minimum Gasteiger partial charge on any atom is -0.369 e. The number of nitrogens with one attached hydrogen (secondary N) is 1. The Bertz CT molecular complexity index is 1160. The van der Waals surface area contributed by atoms with Crippen LogP contribution in [0.3, 0.4) is 0 Å². The zero-order valence-corrected chi connectivity index (χ0v) is 18.9. The third-order valence-electron chi connectivity index (χ3n) is 5.72. The van der Waals surface area contributed by atoms with Crippen molar-refractivity contribution in [3.63, 3.8) is 0 Å². The highest BCUT2D eigenvalue weighted by Gasteiger charge is 2.18. The molecule has 1 fully saturated rings. The molecule has 0 aliphatic carbocycles. The molecule has 0 amide bonds. The fraction of sp³-hybridized carbons (Fsp3) is 0.348. The molecule has 1 N–H and O–H groups in total. The summed E-state index contributed by atoms with van der Waals surface area (Å²) in [7, 11) is 0. The van der Waals surface area contributed by atoms with Crippen LogP contribution < -0.4 is 10.5 Å². The second kappa shape index (κ2) is 9.08. The maximum Gasteiger partial charge on any atom is 0.252 e.